The molecule has 1 unspecified atom stereocenters. The van der Waals surface area contributed by atoms with E-state index >= 15 is 0 Å². The van der Waals surface area contributed by atoms with Crippen molar-refractivity contribution in [3.05, 3.63) is 58.1 Å². The lowest BCUT2D eigenvalue weighted by atomic mass is 10.0. The number of anilines is 2. The highest BCUT2D eigenvalue weighted by Gasteiger charge is 2.16. The van der Waals surface area contributed by atoms with Crippen LogP contribution in [0.1, 0.15) is 18.4 Å². The van der Waals surface area contributed by atoms with E-state index in [2.05, 4.69) is 22.5 Å². The number of rotatable bonds is 6. The molecule has 0 bridgehead atoms. The van der Waals surface area contributed by atoms with Crippen molar-refractivity contribution in [1.29, 1.82) is 0 Å². The zero-order valence-corrected chi connectivity index (χ0v) is 12.0. The number of hydrogen-bond acceptors (Lipinski definition) is 5. The number of benzene rings is 1. The minimum Gasteiger partial charge on any atom is -0.373 e. The Bertz CT molecular complexity index is 616. The van der Waals surface area contributed by atoms with Gasteiger partial charge in [-0.05, 0) is 17.5 Å². The molecule has 0 fully saturated rings. The molecule has 110 valence electrons. The molecule has 0 aliphatic carbocycles. The summed E-state index contributed by atoms with van der Waals surface area (Å²) in [6.07, 6.45) is 0. The summed E-state index contributed by atoms with van der Waals surface area (Å²) in [5, 5.41) is 17.0. The van der Waals surface area contributed by atoms with E-state index in [0.29, 0.717) is 12.4 Å². The van der Waals surface area contributed by atoms with Crippen LogP contribution in [0.4, 0.5) is 17.3 Å². The zero-order chi connectivity index (χ0) is 15.2. The molecule has 1 heterocycles. The van der Waals surface area contributed by atoms with Gasteiger partial charge >= 0.3 is 5.69 Å². The first-order chi connectivity index (χ1) is 10.1. The molecule has 0 spiro atoms. The first kappa shape index (κ1) is 14.8. The van der Waals surface area contributed by atoms with Crippen LogP contribution in [-0.2, 0) is 0 Å². The van der Waals surface area contributed by atoms with Gasteiger partial charge in [0.25, 0.3) is 0 Å². The summed E-state index contributed by atoms with van der Waals surface area (Å²) in [6, 6.07) is 13.0. The van der Waals surface area contributed by atoms with Crippen LogP contribution in [0, 0.1) is 10.1 Å². The van der Waals surface area contributed by atoms with Crippen LogP contribution in [0.2, 0.25) is 0 Å². The van der Waals surface area contributed by atoms with Gasteiger partial charge in [0.05, 0.1) is 4.92 Å². The van der Waals surface area contributed by atoms with Crippen LogP contribution in [0.5, 0.6) is 0 Å². The van der Waals surface area contributed by atoms with Gasteiger partial charge < -0.3 is 10.6 Å². The summed E-state index contributed by atoms with van der Waals surface area (Å²) >= 11 is 0. The lowest BCUT2D eigenvalue weighted by molar-refractivity contribution is -0.384. The molecule has 2 N–H and O–H groups in total. The van der Waals surface area contributed by atoms with Crippen LogP contribution < -0.4 is 10.6 Å². The number of nitro groups is 1. The van der Waals surface area contributed by atoms with Crippen molar-refractivity contribution >= 4 is 17.3 Å². The van der Waals surface area contributed by atoms with Crippen molar-refractivity contribution in [1.82, 2.24) is 4.98 Å². The molecule has 2 aromatic rings. The highest BCUT2D eigenvalue weighted by molar-refractivity contribution is 5.60. The molecule has 6 heteroatoms. The molecule has 1 aromatic heterocycles. The largest absolute Gasteiger partial charge is 0.373 e. The maximum Gasteiger partial charge on any atom is 0.311 e. The predicted molar refractivity (Wildman–Crippen MR) is 83.8 cm³/mol. The predicted octanol–water partition coefficient (Wildman–Crippen LogP) is 3.25. The monoisotopic (exact) mass is 286 g/mol. The topological polar surface area (TPSA) is 80.1 Å². The Balaban J connectivity index is 2.13. The van der Waals surface area contributed by atoms with Crippen LogP contribution >= 0.6 is 0 Å². The normalized spacial score (nSPS) is 11.7. The van der Waals surface area contributed by atoms with E-state index in [9.17, 15) is 10.1 Å². The van der Waals surface area contributed by atoms with E-state index in [4.69, 9.17) is 0 Å². The summed E-state index contributed by atoms with van der Waals surface area (Å²) < 4.78 is 0. The van der Waals surface area contributed by atoms with Crippen LogP contribution in [-0.4, -0.2) is 23.5 Å². The lowest BCUT2D eigenvalue weighted by Gasteiger charge is -2.14. The van der Waals surface area contributed by atoms with Crippen LogP contribution in [0.15, 0.2) is 42.5 Å². The fourth-order valence-corrected chi connectivity index (χ4v) is 2.02. The Morgan fingerprint density at radius 3 is 2.57 bits per heavy atom. The van der Waals surface area contributed by atoms with Gasteiger partial charge in [0.1, 0.15) is 5.82 Å². The Kier molecular flexibility index (Phi) is 4.71. The fourth-order valence-electron chi connectivity index (χ4n) is 2.02. The Labute approximate surface area is 123 Å². The molecular weight excluding hydrogens is 268 g/mol. The second-order valence-electron chi connectivity index (χ2n) is 4.76. The van der Waals surface area contributed by atoms with Gasteiger partial charge in [0, 0.05) is 19.7 Å². The standard InChI is InChI=1S/C15H18N4O2/c1-11(12-6-4-3-5-7-12)10-17-15-13(19(20)21)8-9-14(16-2)18-15/h3-9,11H,10H2,1-2H3,(H2,16,17,18). The smallest absolute Gasteiger partial charge is 0.311 e. The summed E-state index contributed by atoms with van der Waals surface area (Å²) in [5.41, 5.74) is 1.16. The number of aromatic nitrogens is 1. The third-order valence-corrected chi connectivity index (χ3v) is 3.27. The lowest BCUT2D eigenvalue weighted by Crippen LogP contribution is -2.12. The second-order valence-corrected chi connectivity index (χ2v) is 4.76. The molecule has 21 heavy (non-hydrogen) atoms. The third-order valence-electron chi connectivity index (χ3n) is 3.27. The minimum atomic E-state index is -0.429. The van der Waals surface area contributed by atoms with Gasteiger partial charge in [-0.25, -0.2) is 4.98 Å². The van der Waals surface area contributed by atoms with E-state index in [1.54, 1.807) is 13.1 Å². The fraction of sp³-hybridized carbons (Fsp3) is 0.267. The van der Waals surface area contributed by atoms with Gasteiger partial charge in [-0.2, -0.15) is 0 Å². The number of nitrogens with zero attached hydrogens (tertiary/aromatic N) is 2. The van der Waals surface area contributed by atoms with Crippen molar-refractivity contribution in [2.75, 3.05) is 24.2 Å². The van der Waals surface area contributed by atoms with Crippen LogP contribution in [0.25, 0.3) is 0 Å². The van der Waals surface area contributed by atoms with Crippen molar-refractivity contribution < 1.29 is 4.92 Å². The van der Waals surface area contributed by atoms with E-state index < -0.39 is 4.92 Å². The molecule has 6 nitrogen and oxygen atoms in total. The first-order valence-electron chi connectivity index (χ1n) is 6.74. The van der Waals surface area contributed by atoms with Gasteiger partial charge in [0.15, 0.2) is 0 Å². The van der Waals surface area contributed by atoms with Gasteiger partial charge in [-0.3, -0.25) is 10.1 Å². The minimum absolute atomic E-state index is 0.0192. The Morgan fingerprint density at radius 2 is 1.95 bits per heavy atom. The Hall–Kier alpha value is -2.63. The molecule has 0 aliphatic rings. The quantitative estimate of drug-likeness (QED) is 0.629. The summed E-state index contributed by atoms with van der Waals surface area (Å²) in [6.45, 7) is 2.64. The Morgan fingerprint density at radius 1 is 1.24 bits per heavy atom. The molecule has 0 saturated carbocycles. The molecule has 0 radical (unpaired) electrons. The second kappa shape index (κ2) is 6.69. The zero-order valence-electron chi connectivity index (χ0n) is 12.0. The molecule has 0 amide bonds. The highest BCUT2D eigenvalue weighted by atomic mass is 16.6. The first-order valence-corrected chi connectivity index (χ1v) is 6.74. The maximum atomic E-state index is 11.0. The van der Waals surface area contributed by atoms with Crippen molar-refractivity contribution in [2.45, 2.75) is 12.8 Å². The van der Waals surface area contributed by atoms with E-state index in [-0.39, 0.29) is 17.4 Å². The van der Waals surface area contributed by atoms with Crippen LogP contribution in [0.3, 0.4) is 0 Å². The third kappa shape index (κ3) is 3.68. The number of hydrogen-bond donors (Lipinski definition) is 2. The van der Waals surface area contributed by atoms with E-state index in [1.807, 2.05) is 30.3 Å². The number of pyridine rings is 1. The molecular formula is C15H18N4O2. The van der Waals surface area contributed by atoms with Crippen molar-refractivity contribution in [3.8, 4) is 0 Å². The summed E-state index contributed by atoms with van der Waals surface area (Å²) in [7, 11) is 1.73. The summed E-state index contributed by atoms with van der Waals surface area (Å²) in [4.78, 5) is 14.8. The molecule has 2 rings (SSSR count). The van der Waals surface area contributed by atoms with Gasteiger partial charge in [-0.15, -0.1) is 0 Å². The number of nitrogens with one attached hydrogen (secondary N) is 2. The van der Waals surface area contributed by atoms with Crippen molar-refractivity contribution in [3.63, 3.8) is 0 Å². The average molecular weight is 286 g/mol. The van der Waals surface area contributed by atoms with E-state index in [0.717, 1.165) is 0 Å². The SMILES string of the molecule is CNc1ccc([N+](=O)[O-])c(NCC(C)c2ccccc2)n1. The van der Waals surface area contributed by atoms with Crippen molar-refractivity contribution in [2.24, 2.45) is 0 Å². The average Bonchev–Trinajstić information content (AvgIpc) is 2.52. The molecule has 0 saturated heterocycles. The molecule has 1 atom stereocenters. The van der Waals surface area contributed by atoms with Gasteiger partial charge in [-0.1, -0.05) is 37.3 Å². The summed E-state index contributed by atoms with van der Waals surface area (Å²) in [5.74, 6) is 1.11. The molecule has 1 aromatic carbocycles. The molecule has 0 aliphatic heterocycles. The maximum absolute atomic E-state index is 11.0. The van der Waals surface area contributed by atoms with Gasteiger partial charge in [0.2, 0.25) is 5.82 Å². The highest BCUT2D eigenvalue weighted by Crippen LogP contribution is 2.25. The van der Waals surface area contributed by atoms with E-state index in [1.165, 1.54) is 11.6 Å².